The van der Waals surface area contributed by atoms with Gasteiger partial charge in [-0.15, -0.1) is 0 Å². The van der Waals surface area contributed by atoms with Crippen molar-refractivity contribution in [1.29, 1.82) is 0 Å². The van der Waals surface area contributed by atoms with E-state index >= 15 is 0 Å². The molecule has 118 valence electrons. The van der Waals surface area contributed by atoms with Crippen LogP contribution in [0.2, 0.25) is 0 Å². The van der Waals surface area contributed by atoms with Crippen LogP contribution in [0.15, 0.2) is 24.3 Å². The second-order valence-electron chi connectivity index (χ2n) is 7.34. The average Bonchev–Trinajstić information content (AvgIpc) is 2.38. The summed E-state index contributed by atoms with van der Waals surface area (Å²) < 4.78 is 13.4. The Balaban J connectivity index is 2.13. The van der Waals surface area contributed by atoms with E-state index in [2.05, 4.69) is 37.9 Å². The van der Waals surface area contributed by atoms with Gasteiger partial charge in [0.2, 0.25) is 0 Å². The third-order valence-corrected chi connectivity index (χ3v) is 4.41. The zero-order chi connectivity index (χ0) is 15.5. The highest BCUT2D eigenvalue weighted by molar-refractivity contribution is 5.16. The van der Waals surface area contributed by atoms with E-state index in [1.54, 1.807) is 6.07 Å². The second kappa shape index (κ2) is 6.89. The van der Waals surface area contributed by atoms with Crippen LogP contribution >= 0.6 is 0 Å². The second-order valence-corrected chi connectivity index (χ2v) is 7.34. The number of nitrogens with zero attached hydrogens (tertiary/aromatic N) is 1. The molecule has 1 N–H and O–H groups in total. The summed E-state index contributed by atoms with van der Waals surface area (Å²) in [5.74, 6) is -0.139. The first-order valence-electron chi connectivity index (χ1n) is 8.12. The maximum absolute atomic E-state index is 13.4. The van der Waals surface area contributed by atoms with Gasteiger partial charge in [0.15, 0.2) is 0 Å². The molecule has 1 aliphatic rings. The minimum Gasteiger partial charge on any atom is -0.311 e. The highest BCUT2D eigenvalue weighted by Gasteiger charge is 2.35. The summed E-state index contributed by atoms with van der Waals surface area (Å²) in [7, 11) is 0. The van der Waals surface area contributed by atoms with Crippen molar-refractivity contribution in [3.63, 3.8) is 0 Å². The lowest BCUT2D eigenvalue weighted by atomic mass is 9.83. The van der Waals surface area contributed by atoms with Crippen molar-refractivity contribution < 1.29 is 4.39 Å². The molecule has 0 radical (unpaired) electrons. The fourth-order valence-electron chi connectivity index (χ4n) is 3.32. The largest absolute Gasteiger partial charge is 0.311 e. The molecule has 2 nitrogen and oxygen atoms in total. The molecule has 1 fully saturated rings. The van der Waals surface area contributed by atoms with Crippen LogP contribution < -0.4 is 5.32 Å². The molecule has 0 aliphatic carbocycles. The standard InChI is InChI=1S/C18H29FN2/c1-5-7-16-13-21(17(11-20-16)18(2,3)4)12-14-8-6-9-15(19)10-14/h6,8-10,16-17,20H,5,7,11-13H2,1-4H3. The molecule has 1 saturated heterocycles. The maximum atomic E-state index is 13.4. The van der Waals surface area contributed by atoms with E-state index in [0.717, 1.165) is 25.2 Å². The zero-order valence-corrected chi connectivity index (χ0v) is 13.8. The van der Waals surface area contributed by atoms with Crippen LogP contribution in [0.5, 0.6) is 0 Å². The third-order valence-electron chi connectivity index (χ3n) is 4.41. The average molecular weight is 292 g/mol. The first kappa shape index (κ1) is 16.4. The Morgan fingerprint density at radius 3 is 2.71 bits per heavy atom. The van der Waals surface area contributed by atoms with Crippen molar-refractivity contribution in [3.05, 3.63) is 35.6 Å². The summed E-state index contributed by atoms with van der Waals surface area (Å²) >= 11 is 0. The molecule has 2 rings (SSSR count). The topological polar surface area (TPSA) is 15.3 Å². The van der Waals surface area contributed by atoms with E-state index in [1.165, 1.54) is 18.9 Å². The van der Waals surface area contributed by atoms with Gasteiger partial charge in [-0.3, -0.25) is 4.90 Å². The highest BCUT2D eigenvalue weighted by atomic mass is 19.1. The molecular formula is C18H29FN2. The van der Waals surface area contributed by atoms with Crippen LogP contribution in [0.4, 0.5) is 4.39 Å². The molecule has 21 heavy (non-hydrogen) atoms. The fourth-order valence-corrected chi connectivity index (χ4v) is 3.32. The Kier molecular flexibility index (Phi) is 5.39. The maximum Gasteiger partial charge on any atom is 0.123 e. The van der Waals surface area contributed by atoms with Crippen LogP contribution in [0.1, 0.15) is 46.1 Å². The van der Waals surface area contributed by atoms with E-state index in [-0.39, 0.29) is 11.2 Å². The smallest absolute Gasteiger partial charge is 0.123 e. The summed E-state index contributed by atoms with van der Waals surface area (Å²) in [6.07, 6.45) is 2.40. The number of piperazine rings is 1. The molecule has 1 aromatic rings. The molecule has 1 aliphatic heterocycles. The molecule has 3 heteroatoms. The summed E-state index contributed by atoms with van der Waals surface area (Å²) in [4.78, 5) is 2.53. The number of hydrogen-bond donors (Lipinski definition) is 1. The van der Waals surface area contributed by atoms with Crippen molar-refractivity contribution in [2.45, 2.75) is 59.2 Å². The van der Waals surface area contributed by atoms with Crippen LogP contribution in [0.3, 0.4) is 0 Å². The number of nitrogens with one attached hydrogen (secondary N) is 1. The SMILES string of the molecule is CCCC1CN(Cc2cccc(F)c2)C(C(C)(C)C)CN1. The minimum atomic E-state index is -0.139. The van der Waals surface area contributed by atoms with Crippen LogP contribution in [-0.2, 0) is 6.54 Å². The molecule has 2 unspecified atom stereocenters. The molecule has 0 amide bonds. The monoisotopic (exact) mass is 292 g/mol. The van der Waals surface area contributed by atoms with Crippen LogP contribution in [-0.4, -0.2) is 30.1 Å². The van der Waals surface area contributed by atoms with E-state index < -0.39 is 0 Å². The van der Waals surface area contributed by atoms with Crippen molar-refractivity contribution in [2.24, 2.45) is 5.41 Å². The molecule has 0 bridgehead atoms. The van der Waals surface area contributed by atoms with E-state index in [9.17, 15) is 4.39 Å². The Labute approximate surface area is 128 Å². The number of hydrogen-bond acceptors (Lipinski definition) is 2. The zero-order valence-electron chi connectivity index (χ0n) is 13.8. The molecule has 2 atom stereocenters. The predicted molar refractivity (Wildman–Crippen MR) is 86.8 cm³/mol. The Morgan fingerprint density at radius 1 is 1.33 bits per heavy atom. The molecule has 0 aromatic heterocycles. The molecule has 1 aromatic carbocycles. The van der Waals surface area contributed by atoms with E-state index in [0.29, 0.717) is 12.1 Å². The molecule has 0 spiro atoms. The number of benzene rings is 1. The van der Waals surface area contributed by atoms with Gasteiger partial charge in [-0.25, -0.2) is 4.39 Å². The fraction of sp³-hybridized carbons (Fsp3) is 0.667. The Bertz CT molecular complexity index is 453. The van der Waals surface area contributed by atoms with Gasteiger partial charge in [0.05, 0.1) is 0 Å². The van der Waals surface area contributed by atoms with Crippen molar-refractivity contribution in [3.8, 4) is 0 Å². The van der Waals surface area contributed by atoms with Crippen LogP contribution in [0.25, 0.3) is 0 Å². The van der Waals surface area contributed by atoms with Gasteiger partial charge in [-0.1, -0.05) is 46.2 Å². The lowest BCUT2D eigenvalue weighted by Crippen LogP contribution is -2.60. The lowest BCUT2D eigenvalue weighted by Gasteiger charge is -2.46. The Hall–Kier alpha value is -0.930. The van der Waals surface area contributed by atoms with Gasteiger partial charge >= 0.3 is 0 Å². The summed E-state index contributed by atoms with van der Waals surface area (Å²) in [6, 6.07) is 8.05. The van der Waals surface area contributed by atoms with Gasteiger partial charge in [-0.05, 0) is 29.5 Å². The minimum absolute atomic E-state index is 0.139. The van der Waals surface area contributed by atoms with E-state index in [4.69, 9.17) is 0 Å². The quantitative estimate of drug-likeness (QED) is 0.907. The number of rotatable bonds is 4. The van der Waals surface area contributed by atoms with Crippen molar-refractivity contribution in [1.82, 2.24) is 10.2 Å². The van der Waals surface area contributed by atoms with Gasteiger partial charge in [0, 0.05) is 31.7 Å². The first-order chi connectivity index (χ1) is 9.90. The summed E-state index contributed by atoms with van der Waals surface area (Å²) in [6.45, 7) is 12.0. The van der Waals surface area contributed by atoms with Crippen molar-refractivity contribution in [2.75, 3.05) is 13.1 Å². The van der Waals surface area contributed by atoms with Gasteiger partial charge in [0.1, 0.15) is 5.82 Å². The third kappa shape index (κ3) is 4.52. The summed E-state index contributed by atoms with van der Waals surface area (Å²) in [5.41, 5.74) is 1.29. The Morgan fingerprint density at radius 2 is 2.10 bits per heavy atom. The van der Waals surface area contributed by atoms with Gasteiger partial charge in [0.25, 0.3) is 0 Å². The lowest BCUT2D eigenvalue weighted by molar-refractivity contribution is 0.0474. The van der Waals surface area contributed by atoms with Crippen LogP contribution in [0, 0.1) is 11.2 Å². The highest BCUT2D eigenvalue weighted by Crippen LogP contribution is 2.28. The normalized spacial score (nSPS) is 24.2. The first-order valence-corrected chi connectivity index (χ1v) is 8.12. The van der Waals surface area contributed by atoms with E-state index in [1.807, 2.05) is 12.1 Å². The number of halogens is 1. The molecule has 0 saturated carbocycles. The predicted octanol–water partition coefficient (Wildman–Crippen LogP) is 3.81. The van der Waals surface area contributed by atoms with Gasteiger partial charge in [-0.2, -0.15) is 0 Å². The summed E-state index contributed by atoms with van der Waals surface area (Å²) in [5, 5.41) is 3.69. The van der Waals surface area contributed by atoms with Crippen molar-refractivity contribution >= 4 is 0 Å². The molecular weight excluding hydrogens is 263 g/mol. The molecule has 1 heterocycles. The van der Waals surface area contributed by atoms with Gasteiger partial charge < -0.3 is 5.32 Å².